The van der Waals surface area contributed by atoms with Gasteiger partial charge in [-0.15, -0.1) is 0 Å². The van der Waals surface area contributed by atoms with Gasteiger partial charge in [-0.3, -0.25) is 4.79 Å². The SMILES string of the molecule is CNC(C)c1cccc(NC(=O)CCC2CCCCO2)c1. The van der Waals surface area contributed by atoms with E-state index in [0.717, 1.165) is 31.6 Å². The van der Waals surface area contributed by atoms with E-state index in [0.29, 0.717) is 6.42 Å². The van der Waals surface area contributed by atoms with Crippen LogP contribution in [0.25, 0.3) is 0 Å². The van der Waals surface area contributed by atoms with Gasteiger partial charge in [0.25, 0.3) is 0 Å². The summed E-state index contributed by atoms with van der Waals surface area (Å²) in [5, 5.41) is 6.18. The monoisotopic (exact) mass is 290 g/mol. The van der Waals surface area contributed by atoms with E-state index in [1.165, 1.54) is 12.0 Å². The van der Waals surface area contributed by atoms with Crippen molar-refractivity contribution in [1.29, 1.82) is 0 Å². The number of rotatable bonds is 6. The van der Waals surface area contributed by atoms with E-state index in [1.54, 1.807) is 0 Å². The van der Waals surface area contributed by atoms with Crippen molar-refractivity contribution in [2.24, 2.45) is 0 Å². The predicted octanol–water partition coefficient (Wildman–Crippen LogP) is 3.25. The highest BCUT2D eigenvalue weighted by Crippen LogP contribution is 2.19. The zero-order valence-corrected chi connectivity index (χ0v) is 13.0. The Hall–Kier alpha value is -1.39. The first kappa shape index (κ1) is 16.0. The molecule has 0 radical (unpaired) electrons. The molecule has 1 heterocycles. The number of hydrogen-bond acceptors (Lipinski definition) is 3. The third-order valence-corrected chi connectivity index (χ3v) is 4.07. The second-order valence-corrected chi connectivity index (χ2v) is 5.71. The first-order chi connectivity index (χ1) is 10.2. The van der Waals surface area contributed by atoms with Crippen LogP contribution in [0, 0.1) is 0 Å². The molecule has 21 heavy (non-hydrogen) atoms. The lowest BCUT2D eigenvalue weighted by atomic mass is 10.0. The second kappa shape index (κ2) is 8.15. The number of benzene rings is 1. The Morgan fingerprint density at radius 1 is 1.43 bits per heavy atom. The highest BCUT2D eigenvalue weighted by Gasteiger charge is 2.15. The van der Waals surface area contributed by atoms with Gasteiger partial charge >= 0.3 is 0 Å². The number of ether oxygens (including phenoxy) is 1. The molecule has 0 bridgehead atoms. The summed E-state index contributed by atoms with van der Waals surface area (Å²) in [7, 11) is 1.93. The van der Waals surface area contributed by atoms with Crippen LogP contribution in [-0.2, 0) is 9.53 Å². The molecule has 1 aliphatic rings. The maximum atomic E-state index is 12.0. The quantitative estimate of drug-likeness (QED) is 0.845. The van der Waals surface area contributed by atoms with Crippen molar-refractivity contribution < 1.29 is 9.53 Å². The number of hydrogen-bond donors (Lipinski definition) is 2. The van der Waals surface area contributed by atoms with E-state index >= 15 is 0 Å². The molecule has 1 fully saturated rings. The second-order valence-electron chi connectivity index (χ2n) is 5.71. The summed E-state index contributed by atoms with van der Waals surface area (Å²) in [4.78, 5) is 12.0. The highest BCUT2D eigenvalue weighted by atomic mass is 16.5. The van der Waals surface area contributed by atoms with Gasteiger partial charge < -0.3 is 15.4 Å². The molecule has 1 amide bonds. The minimum Gasteiger partial charge on any atom is -0.378 e. The Bertz CT molecular complexity index is 456. The van der Waals surface area contributed by atoms with Crippen molar-refractivity contribution in [3.63, 3.8) is 0 Å². The van der Waals surface area contributed by atoms with E-state index in [9.17, 15) is 4.79 Å². The van der Waals surface area contributed by atoms with Gasteiger partial charge in [-0.1, -0.05) is 12.1 Å². The molecule has 2 N–H and O–H groups in total. The standard InChI is InChI=1S/C17H26N2O2/c1-13(18-2)14-6-5-7-15(12-14)19-17(20)10-9-16-8-3-4-11-21-16/h5-7,12-13,16,18H,3-4,8-11H2,1-2H3,(H,19,20). The fourth-order valence-electron chi connectivity index (χ4n) is 2.60. The molecule has 2 atom stereocenters. The van der Waals surface area contributed by atoms with Gasteiger partial charge in [0.1, 0.15) is 0 Å². The van der Waals surface area contributed by atoms with Crippen LogP contribution >= 0.6 is 0 Å². The average molecular weight is 290 g/mol. The van der Waals surface area contributed by atoms with Crippen LogP contribution < -0.4 is 10.6 Å². The lowest BCUT2D eigenvalue weighted by Crippen LogP contribution is -2.21. The summed E-state index contributed by atoms with van der Waals surface area (Å²) in [5.41, 5.74) is 2.04. The number of anilines is 1. The Morgan fingerprint density at radius 3 is 3.00 bits per heavy atom. The molecule has 0 spiro atoms. The third-order valence-electron chi connectivity index (χ3n) is 4.07. The molecular weight excluding hydrogens is 264 g/mol. The lowest BCUT2D eigenvalue weighted by Gasteiger charge is -2.22. The molecule has 4 heteroatoms. The minimum atomic E-state index is 0.0680. The van der Waals surface area contributed by atoms with Gasteiger partial charge in [-0.2, -0.15) is 0 Å². The van der Waals surface area contributed by atoms with E-state index < -0.39 is 0 Å². The van der Waals surface area contributed by atoms with E-state index in [2.05, 4.69) is 23.6 Å². The zero-order chi connectivity index (χ0) is 15.1. The maximum Gasteiger partial charge on any atom is 0.224 e. The van der Waals surface area contributed by atoms with E-state index in [-0.39, 0.29) is 18.1 Å². The van der Waals surface area contributed by atoms with Gasteiger partial charge in [-0.25, -0.2) is 0 Å². The first-order valence-corrected chi connectivity index (χ1v) is 7.87. The fraction of sp³-hybridized carbons (Fsp3) is 0.588. The topological polar surface area (TPSA) is 50.4 Å². The average Bonchev–Trinajstić information content (AvgIpc) is 2.53. The zero-order valence-electron chi connectivity index (χ0n) is 13.0. The Kier molecular flexibility index (Phi) is 6.21. The van der Waals surface area contributed by atoms with Crippen LogP contribution in [0.3, 0.4) is 0 Å². The van der Waals surface area contributed by atoms with Crippen LogP contribution in [0.4, 0.5) is 5.69 Å². The molecule has 0 aliphatic carbocycles. The molecule has 4 nitrogen and oxygen atoms in total. The van der Waals surface area contributed by atoms with Gasteiger partial charge in [-0.05, 0) is 57.4 Å². The highest BCUT2D eigenvalue weighted by molar-refractivity contribution is 5.90. The summed E-state index contributed by atoms with van der Waals surface area (Å²) >= 11 is 0. The summed E-state index contributed by atoms with van der Waals surface area (Å²) in [6.45, 7) is 2.94. The van der Waals surface area contributed by atoms with Crippen molar-refractivity contribution >= 4 is 11.6 Å². The van der Waals surface area contributed by atoms with Crippen LogP contribution in [-0.4, -0.2) is 25.7 Å². The largest absolute Gasteiger partial charge is 0.378 e. The summed E-state index contributed by atoms with van der Waals surface area (Å²) < 4.78 is 5.66. The van der Waals surface area contributed by atoms with Gasteiger partial charge in [0.2, 0.25) is 5.91 Å². The molecule has 1 saturated heterocycles. The molecule has 1 aliphatic heterocycles. The van der Waals surface area contributed by atoms with Gasteiger partial charge in [0.15, 0.2) is 0 Å². The van der Waals surface area contributed by atoms with Crippen LogP contribution in [0.2, 0.25) is 0 Å². The Balaban J connectivity index is 1.81. The molecule has 0 aromatic heterocycles. The third kappa shape index (κ3) is 5.14. The van der Waals surface area contributed by atoms with Crippen molar-refractivity contribution in [2.45, 2.75) is 51.2 Å². The summed E-state index contributed by atoms with van der Waals surface area (Å²) in [5.74, 6) is 0.0680. The van der Waals surface area contributed by atoms with Crippen molar-refractivity contribution in [3.05, 3.63) is 29.8 Å². The molecule has 116 valence electrons. The Morgan fingerprint density at radius 2 is 2.29 bits per heavy atom. The van der Waals surface area contributed by atoms with Crippen molar-refractivity contribution in [3.8, 4) is 0 Å². The molecule has 0 saturated carbocycles. The predicted molar refractivity (Wildman–Crippen MR) is 85.4 cm³/mol. The van der Waals surface area contributed by atoms with Crippen LogP contribution in [0.1, 0.15) is 50.6 Å². The normalized spacial score (nSPS) is 20.0. The van der Waals surface area contributed by atoms with Crippen molar-refractivity contribution in [2.75, 3.05) is 19.0 Å². The summed E-state index contributed by atoms with van der Waals surface area (Å²) in [6, 6.07) is 8.27. The van der Waals surface area contributed by atoms with Gasteiger partial charge in [0.05, 0.1) is 6.10 Å². The molecule has 2 unspecified atom stereocenters. The van der Waals surface area contributed by atoms with Crippen molar-refractivity contribution in [1.82, 2.24) is 5.32 Å². The molecule has 2 rings (SSSR count). The number of amides is 1. The van der Waals surface area contributed by atoms with E-state index in [4.69, 9.17) is 4.74 Å². The van der Waals surface area contributed by atoms with Crippen LogP contribution in [0.5, 0.6) is 0 Å². The molecule has 1 aromatic carbocycles. The number of nitrogens with one attached hydrogen (secondary N) is 2. The number of carbonyl (C=O) groups excluding carboxylic acids is 1. The summed E-state index contributed by atoms with van der Waals surface area (Å²) in [6.07, 6.45) is 5.06. The Labute approximate surface area is 127 Å². The van der Waals surface area contributed by atoms with Gasteiger partial charge in [0, 0.05) is 24.8 Å². The molecule has 1 aromatic rings. The minimum absolute atomic E-state index is 0.0680. The van der Waals surface area contributed by atoms with Crippen LogP contribution in [0.15, 0.2) is 24.3 Å². The fourth-order valence-corrected chi connectivity index (χ4v) is 2.60. The maximum absolute atomic E-state index is 12.0. The first-order valence-electron chi connectivity index (χ1n) is 7.87. The smallest absolute Gasteiger partial charge is 0.224 e. The number of carbonyl (C=O) groups is 1. The lowest BCUT2D eigenvalue weighted by molar-refractivity contribution is -0.117. The van der Waals surface area contributed by atoms with E-state index in [1.807, 2.05) is 25.2 Å². The molecular formula is C17H26N2O2.